The Morgan fingerprint density at radius 2 is 1.84 bits per heavy atom. The SMILES string of the molecule is CC1CC(C)CN(CCCNC(=O)c2ccc(C=C3Sc4ccccc4NC3=O)cc2)C1. The molecule has 1 fully saturated rings. The number of thioether (sulfide) groups is 1. The van der Waals surface area contributed by atoms with Gasteiger partial charge >= 0.3 is 0 Å². The van der Waals surface area contributed by atoms with Gasteiger partial charge in [-0.2, -0.15) is 0 Å². The number of nitrogens with zero attached hydrogens (tertiary/aromatic N) is 1. The third-order valence-corrected chi connectivity index (χ3v) is 7.03. The Kier molecular flexibility index (Phi) is 7.33. The van der Waals surface area contributed by atoms with Gasteiger partial charge in [-0.15, -0.1) is 0 Å². The highest BCUT2D eigenvalue weighted by Gasteiger charge is 2.22. The first-order chi connectivity index (χ1) is 15.5. The van der Waals surface area contributed by atoms with E-state index >= 15 is 0 Å². The van der Waals surface area contributed by atoms with Crippen molar-refractivity contribution in [3.63, 3.8) is 0 Å². The zero-order valence-electron chi connectivity index (χ0n) is 18.8. The molecule has 2 heterocycles. The lowest BCUT2D eigenvalue weighted by atomic mass is 9.92. The molecule has 6 heteroatoms. The zero-order valence-corrected chi connectivity index (χ0v) is 19.6. The van der Waals surface area contributed by atoms with E-state index in [-0.39, 0.29) is 11.8 Å². The van der Waals surface area contributed by atoms with Crippen LogP contribution in [0.5, 0.6) is 0 Å². The minimum atomic E-state index is -0.104. The first-order valence-corrected chi connectivity index (χ1v) is 12.2. The van der Waals surface area contributed by atoms with Crippen molar-refractivity contribution in [3.05, 3.63) is 64.6 Å². The lowest BCUT2D eigenvalue weighted by molar-refractivity contribution is -0.112. The van der Waals surface area contributed by atoms with Crippen LogP contribution in [0.1, 0.15) is 42.6 Å². The lowest BCUT2D eigenvalue weighted by Crippen LogP contribution is -2.40. The number of hydrogen-bond donors (Lipinski definition) is 2. The van der Waals surface area contributed by atoms with E-state index in [9.17, 15) is 9.59 Å². The van der Waals surface area contributed by atoms with Crippen molar-refractivity contribution in [1.29, 1.82) is 0 Å². The highest BCUT2D eigenvalue weighted by Crippen LogP contribution is 2.38. The number of piperidine rings is 1. The van der Waals surface area contributed by atoms with Crippen LogP contribution in [0.15, 0.2) is 58.3 Å². The molecule has 2 aromatic rings. The molecule has 5 nitrogen and oxygen atoms in total. The number of nitrogens with one attached hydrogen (secondary N) is 2. The summed E-state index contributed by atoms with van der Waals surface area (Å²) in [4.78, 5) is 29.0. The third-order valence-electron chi connectivity index (χ3n) is 5.93. The number of rotatable bonds is 6. The normalized spacial score (nSPS) is 22.3. The summed E-state index contributed by atoms with van der Waals surface area (Å²) in [6.45, 7) is 8.68. The molecule has 2 aromatic carbocycles. The maximum absolute atomic E-state index is 12.5. The Morgan fingerprint density at radius 1 is 1.12 bits per heavy atom. The van der Waals surface area contributed by atoms with Gasteiger partial charge in [0, 0.05) is 30.1 Å². The van der Waals surface area contributed by atoms with E-state index in [2.05, 4.69) is 29.4 Å². The van der Waals surface area contributed by atoms with Crippen LogP contribution in [0.2, 0.25) is 0 Å². The van der Waals surface area contributed by atoms with Crippen LogP contribution < -0.4 is 10.6 Å². The van der Waals surface area contributed by atoms with Gasteiger partial charge in [0.1, 0.15) is 0 Å². The van der Waals surface area contributed by atoms with E-state index in [4.69, 9.17) is 0 Å². The first kappa shape index (κ1) is 22.6. The van der Waals surface area contributed by atoms with Crippen molar-refractivity contribution in [2.24, 2.45) is 11.8 Å². The van der Waals surface area contributed by atoms with Gasteiger partial charge in [0.15, 0.2) is 0 Å². The number of benzene rings is 2. The minimum absolute atomic E-state index is 0.0525. The Labute approximate surface area is 194 Å². The van der Waals surface area contributed by atoms with Gasteiger partial charge in [0.05, 0.1) is 10.6 Å². The summed E-state index contributed by atoms with van der Waals surface area (Å²) in [5.41, 5.74) is 2.38. The monoisotopic (exact) mass is 449 g/mol. The zero-order chi connectivity index (χ0) is 22.5. The standard InChI is InChI=1S/C26H31N3O2S/c1-18-14-19(2)17-29(16-18)13-5-12-27-25(30)21-10-8-20(9-11-21)15-24-26(31)28-22-6-3-4-7-23(22)32-24/h3-4,6-11,15,18-19H,5,12-14,16-17H2,1-2H3,(H,27,30)(H,28,31). The molecule has 0 saturated carbocycles. The van der Waals surface area contributed by atoms with Crippen molar-refractivity contribution in [2.75, 3.05) is 31.5 Å². The number of para-hydroxylation sites is 1. The van der Waals surface area contributed by atoms with Crippen LogP contribution in [0.4, 0.5) is 5.69 Å². The molecule has 0 aromatic heterocycles. The van der Waals surface area contributed by atoms with E-state index in [1.165, 1.54) is 18.2 Å². The van der Waals surface area contributed by atoms with Crippen molar-refractivity contribution in [1.82, 2.24) is 10.2 Å². The molecule has 2 atom stereocenters. The maximum Gasteiger partial charge on any atom is 0.262 e. The van der Waals surface area contributed by atoms with Crippen molar-refractivity contribution in [3.8, 4) is 0 Å². The number of fused-ring (bicyclic) bond motifs is 1. The Morgan fingerprint density at radius 3 is 2.59 bits per heavy atom. The molecule has 168 valence electrons. The molecule has 2 N–H and O–H groups in total. The number of carbonyl (C=O) groups is 2. The van der Waals surface area contributed by atoms with Gasteiger partial charge in [0.25, 0.3) is 11.8 Å². The number of amides is 2. The predicted octanol–water partition coefficient (Wildman–Crippen LogP) is 4.87. The molecule has 2 amide bonds. The second-order valence-corrected chi connectivity index (χ2v) is 10.1. The molecular weight excluding hydrogens is 418 g/mol. The number of likely N-dealkylation sites (tertiary alicyclic amines) is 1. The summed E-state index contributed by atoms with van der Waals surface area (Å²) in [6, 6.07) is 15.2. The summed E-state index contributed by atoms with van der Waals surface area (Å²) in [5.74, 6) is 1.36. The second kappa shape index (κ2) is 10.4. The molecule has 0 radical (unpaired) electrons. The highest BCUT2D eigenvalue weighted by molar-refractivity contribution is 8.04. The molecule has 1 saturated heterocycles. The summed E-state index contributed by atoms with van der Waals surface area (Å²) >= 11 is 1.46. The lowest BCUT2D eigenvalue weighted by Gasteiger charge is -2.34. The Balaban J connectivity index is 1.27. The Hall–Kier alpha value is -2.57. The van der Waals surface area contributed by atoms with Crippen LogP contribution >= 0.6 is 11.8 Å². The average Bonchev–Trinajstić information content (AvgIpc) is 2.77. The van der Waals surface area contributed by atoms with Crippen LogP contribution in [0, 0.1) is 11.8 Å². The molecule has 32 heavy (non-hydrogen) atoms. The molecule has 2 unspecified atom stereocenters. The molecular formula is C26H31N3O2S. The molecule has 0 bridgehead atoms. The van der Waals surface area contributed by atoms with Crippen LogP contribution in [0.3, 0.4) is 0 Å². The smallest absolute Gasteiger partial charge is 0.262 e. The molecule has 2 aliphatic heterocycles. The topological polar surface area (TPSA) is 61.4 Å². The second-order valence-electron chi connectivity index (χ2n) is 9.00. The molecule has 2 aliphatic rings. The predicted molar refractivity (Wildman–Crippen MR) is 132 cm³/mol. The maximum atomic E-state index is 12.5. The van der Waals surface area contributed by atoms with Crippen LogP contribution in [-0.4, -0.2) is 42.9 Å². The minimum Gasteiger partial charge on any atom is -0.352 e. The van der Waals surface area contributed by atoms with Gasteiger partial charge < -0.3 is 15.5 Å². The van der Waals surface area contributed by atoms with Crippen LogP contribution in [0.25, 0.3) is 6.08 Å². The highest BCUT2D eigenvalue weighted by atomic mass is 32.2. The van der Waals surface area contributed by atoms with E-state index < -0.39 is 0 Å². The van der Waals surface area contributed by atoms with Crippen LogP contribution in [-0.2, 0) is 4.79 Å². The van der Waals surface area contributed by atoms with Gasteiger partial charge in [-0.25, -0.2) is 0 Å². The largest absolute Gasteiger partial charge is 0.352 e. The van der Waals surface area contributed by atoms with Gasteiger partial charge in [-0.05, 0) is 67.1 Å². The average molecular weight is 450 g/mol. The van der Waals surface area contributed by atoms with E-state index in [0.717, 1.165) is 54.0 Å². The van der Waals surface area contributed by atoms with Crippen molar-refractivity contribution in [2.45, 2.75) is 31.6 Å². The summed E-state index contributed by atoms with van der Waals surface area (Å²) in [6.07, 6.45) is 4.14. The number of carbonyl (C=O) groups excluding carboxylic acids is 2. The molecule has 4 rings (SSSR count). The fraction of sp³-hybridized carbons (Fsp3) is 0.385. The quantitative estimate of drug-likeness (QED) is 0.488. The summed E-state index contributed by atoms with van der Waals surface area (Å²) < 4.78 is 0. The van der Waals surface area contributed by atoms with E-state index in [1.807, 2.05) is 54.6 Å². The van der Waals surface area contributed by atoms with E-state index in [1.54, 1.807) is 0 Å². The fourth-order valence-corrected chi connectivity index (χ4v) is 5.52. The fourth-order valence-electron chi connectivity index (χ4n) is 4.57. The molecule has 0 aliphatic carbocycles. The van der Waals surface area contributed by atoms with Gasteiger partial charge in [-0.3, -0.25) is 9.59 Å². The number of anilines is 1. The van der Waals surface area contributed by atoms with Gasteiger partial charge in [0.2, 0.25) is 0 Å². The summed E-state index contributed by atoms with van der Waals surface area (Å²) in [5, 5.41) is 5.95. The third kappa shape index (κ3) is 5.81. The number of hydrogen-bond acceptors (Lipinski definition) is 4. The van der Waals surface area contributed by atoms with E-state index in [0.29, 0.717) is 17.0 Å². The van der Waals surface area contributed by atoms with Gasteiger partial charge in [-0.1, -0.05) is 49.9 Å². The summed E-state index contributed by atoms with van der Waals surface area (Å²) in [7, 11) is 0. The Bertz CT molecular complexity index is 992. The first-order valence-electron chi connectivity index (χ1n) is 11.4. The van der Waals surface area contributed by atoms with Crippen molar-refractivity contribution < 1.29 is 9.59 Å². The molecule has 0 spiro atoms. The van der Waals surface area contributed by atoms with Crippen molar-refractivity contribution >= 4 is 35.3 Å².